The predicted octanol–water partition coefficient (Wildman–Crippen LogP) is 5.31. The van der Waals surface area contributed by atoms with Crippen LogP contribution in [0.5, 0.6) is 0 Å². The third kappa shape index (κ3) is 7.74. The number of halogens is 6. The van der Waals surface area contributed by atoms with Crippen molar-refractivity contribution < 1.29 is 30.1 Å². The molecule has 1 aromatic heterocycles. The Morgan fingerprint density at radius 3 is 1.84 bits per heavy atom. The van der Waals surface area contributed by atoms with Gasteiger partial charge in [0.25, 0.3) is 0 Å². The summed E-state index contributed by atoms with van der Waals surface area (Å²) in [5.74, 6) is -0.294. The third-order valence-corrected chi connectivity index (χ3v) is 8.28. The van der Waals surface area contributed by atoms with Crippen LogP contribution in [0.25, 0.3) is 0 Å². The molecule has 180 valence electrons. The zero-order chi connectivity index (χ0) is 22.9. The van der Waals surface area contributed by atoms with Crippen LogP contribution in [0, 0.1) is 10.1 Å². The number of aromatic nitrogens is 3. The van der Waals surface area contributed by atoms with E-state index in [-0.39, 0.29) is 12.1 Å². The average molecular weight is 499 g/mol. The first kappa shape index (κ1) is 24.5. The van der Waals surface area contributed by atoms with Crippen molar-refractivity contribution in [3.8, 4) is 0 Å². The standard InChI is InChI=1S/C14H24N7O2P.F6P/c22-21(23)14-15-12-19(16-14)13-6-5-11-20(13)24(17-7-1-2-8-17)18-9-3-4-10-18;1-7(2,3,4,5)6/h12-13H,1-11H2;/q;-1/p+1. The number of hydrogen-bond donors (Lipinski definition) is 0. The van der Waals surface area contributed by atoms with Crippen molar-refractivity contribution in [2.24, 2.45) is 0 Å². The fourth-order valence-electron chi connectivity index (χ4n) is 4.15. The minimum atomic E-state index is -10.7. The molecule has 1 atom stereocenters. The Morgan fingerprint density at radius 2 is 1.42 bits per heavy atom. The second-order valence-corrected chi connectivity index (χ2v) is 12.1. The average Bonchev–Trinajstić information content (AvgIpc) is 3.41. The molecule has 31 heavy (non-hydrogen) atoms. The van der Waals surface area contributed by atoms with E-state index >= 15 is 0 Å². The Bertz CT molecular complexity index is 756. The summed E-state index contributed by atoms with van der Waals surface area (Å²) in [6, 6.07) is 0. The van der Waals surface area contributed by atoms with Crippen molar-refractivity contribution in [2.45, 2.75) is 44.7 Å². The molecule has 0 amide bonds. The summed E-state index contributed by atoms with van der Waals surface area (Å²) in [6.07, 6.45) is 8.91. The summed E-state index contributed by atoms with van der Waals surface area (Å²) < 4.78 is 68.9. The zero-order valence-corrected chi connectivity index (χ0v) is 18.5. The van der Waals surface area contributed by atoms with Gasteiger partial charge in [0.2, 0.25) is 14.7 Å². The van der Waals surface area contributed by atoms with Crippen LogP contribution in [0.2, 0.25) is 0 Å². The normalized spacial score (nSPS) is 26.0. The smallest absolute Gasteiger partial charge is 0.390 e. The molecule has 0 bridgehead atoms. The van der Waals surface area contributed by atoms with E-state index in [1.807, 2.05) is 0 Å². The molecule has 3 saturated heterocycles. The van der Waals surface area contributed by atoms with Crippen molar-refractivity contribution in [3.05, 3.63) is 16.4 Å². The number of rotatable bonds is 5. The Kier molecular flexibility index (Phi) is 6.58. The van der Waals surface area contributed by atoms with Crippen LogP contribution in [0.1, 0.15) is 44.7 Å². The van der Waals surface area contributed by atoms with Crippen LogP contribution in [0.4, 0.5) is 31.1 Å². The summed E-state index contributed by atoms with van der Waals surface area (Å²) in [5.41, 5.74) is 0. The molecular weight excluding hydrogens is 474 g/mol. The van der Waals surface area contributed by atoms with Gasteiger partial charge in [0, 0.05) is 37.8 Å². The zero-order valence-electron chi connectivity index (χ0n) is 16.6. The van der Waals surface area contributed by atoms with Crippen molar-refractivity contribution in [1.82, 2.24) is 28.8 Å². The van der Waals surface area contributed by atoms with E-state index in [4.69, 9.17) is 0 Å². The maximum Gasteiger partial charge on any atom is 0.491 e. The van der Waals surface area contributed by atoms with Gasteiger partial charge in [-0.3, -0.25) is 0 Å². The van der Waals surface area contributed by atoms with Gasteiger partial charge in [0.15, 0.2) is 6.17 Å². The third-order valence-electron chi connectivity index (χ3n) is 5.22. The summed E-state index contributed by atoms with van der Waals surface area (Å²) in [4.78, 5) is 14.3. The molecule has 0 spiro atoms. The van der Waals surface area contributed by atoms with Gasteiger partial charge in [-0.15, -0.1) is 4.67 Å². The topological polar surface area (TPSA) is 83.6 Å². The molecule has 0 aliphatic carbocycles. The van der Waals surface area contributed by atoms with Crippen LogP contribution in [0.3, 0.4) is 0 Å². The SMILES string of the molecule is F[P-](F)(F)(F)(F)F.O=[N+]([O-])c1ncn(C2CCCN2[PH+](N2CCCC2)N2CCCC2)n1. The second kappa shape index (κ2) is 8.33. The Hall–Kier alpha value is -1.14. The molecule has 17 heteroatoms. The quantitative estimate of drug-likeness (QED) is 0.235. The van der Waals surface area contributed by atoms with Gasteiger partial charge in [-0.1, -0.05) is 4.98 Å². The van der Waals surface area contributed by atoms with E-state index in [2.05, 4.69) is 24.1 Å². The summed E-state index contributed by atoms with van der Waals surface area (Å²) in [5, 5.41) is 15.0. The second-order valence-electron chi connectivity index (χ2n) is 7.74. The van der Waals surface area contributed by atoms with Gasteiger partial charge >= 0.3 is 38.9 Å². The summed E-state index contributed by atoms with van der Waals surface area (Å²) in [7, 11) is -11.6. The van der Waals surface area contributed by atoms with Crippen LogP contribution in [-0.4, -0.2) is 66.4 Å². The van der Waals surface area contributed by atoms with Crippen molar-refractivity contribution in [1.29, 1.82) is 0 Å². The first-order chi connectivity index (χ1) is 14.2. The molecule has 9 nitrogen and oxygen atoms in total. The van der Waals surface area contributed by atoms with Crippen LogP contribution < -0.4 is 0 Å². The predicted molar refractivity (Wildman–Crippen MR) is 105 cm³/mol. The number of hydrogen-bond acceptors (Lipinski definition) is 7. The van der Waals surface area contributed by atoms with Crippen molar-refractivity contribution in [2.75, 3.05) is 32.7 Å². The molecule has 0 saturated carbocycles. The number of nitro groups is 1. The molecule has 0 N–H and O–H groups in total. The van der Waals surface area contributed by atoms with E-state index in [9.17, 15) is 35.3 Å². The van der Waals surface area contributed by atoms with E-state index in [0.29, 0.717) is 0 Å². The molecular formula is C14H25F6N7O2P2. The molecule has 0 aromatic carbocycles. The summed E-state index contributed by atoms with van der Waals surface area (Å²) >= 11 is 0. The van der Waals surface area contributed by atoms with E-state index in [1.165, 1.54) is 58.2 Å². The van der Waals surface area contributed by atoms with Crippen molar-refractivity contribution >= 4 is 22.1 Å². The van der Waals surface area contributed by atoms with Crippen LogP contribution in [-0.2, 0) is 0 Å². The molecule has 1 unspecified atom stereocenters. The molecule has 4 rings (SSSR count). The molecule has 0 radical (unpaired) electrons. The fraction of sp³-hybridized carbons (Fsp3) is 0.857. The maximum atomic E-state index is 10.9. The number of nitrogens with zero attached hydrogens (tertiary/aromatic N) is 7. The Morgan fingerprint density at radius 1 is 0.935 bits per heavy atom. The fourth-order valence-corrected chi connectivity index (χ4v) is 7.58. The van der Waals surface area contributed by atoms with Crippen LogP contribution >= 0.6 is 16.2 Å². The molecule has 1 aromatic rings. The molecule has 4 heterocycles. The van der Waals surface area contributed by atoms with Gasteiger partial charge in [-0.25, -0.2) is 0 Å². The Balaban J connectivity index is 0.000000339. The van der Waals surface area contributed by atoms with Gasteiger partial charge in [-0.2, -0.15) is 14.0 Å². The molecule has 3 aliphatic rings. The summed E-state index contributed by atoms with van der Waals surface area (Å²) in [6.45, 7) is 5.80. The van der Waals surface area contributed by atoms with Crippen LogP contribution in [0.15, 0.2) is 6.33 Å². The van der Waals surface area contributed by atoms with Crippen molar-refractivity contribution in [3.63, 3.8) is 0 Å². The van der Waals surface area contributed by atoms with Gasteiger partial charge in [-0.05, 0) is 43.4 Å². The minimum absolute atomic E-state index is 0.112. The van der Waals surface area contributed by atoms with Gasteiger partial charge < -0.3 is 10.1 Å². The van der Waals surface area contributed by atoms with Gasteiger partial charge in [0.1, 0.15) is 0 Å². The Labute approximate surface area is 175 Å². The van der Waals surface area contributed by atoms with E-state index in [0.717, 1.165) is 19.4 Å². The van der Waals surface area contributed by atoms with E-state index in [1.54, 1.807) is 4.68 Å². The van der Waals surface area contributed by atoms with Gasteiger partial charge in [0.05, 0.1) is 0 Å². The molecule has 3 fully saturated rings. The van der Waals surface area contributed by atoms with E-state index < -0.39 is 21.1 Å². The maximum absolute atomic E-state index is 10.9. The largest absolute Gasteiger partial charge is 0.491 e. The first-order valence-corrected chi connectivity index (χ1v) is 13.3. The monoisotopic (exact) mass is 499 g/mol. The minimum Gasteiger partial charge on any atom is -0.390 e. The first-order valence-electron chi connectivity index (χ1n) is 9.94. The molecule has 3 aliphatic heterocycles.